The molecule has 0 aliphatic carbocycles. The number of carbonyl (C=O) groups excluding carboxylic acids is 1. The molecule has 0 unspecified atom stereocenters. The molecule has 0 spiro atoms. The van der Waals surface area contributed by atoms with Crippen molar-refractivity contribution in [3.05, 3.63) is 60.8 Å². The first-order valence-electron chi connectivity index (χ1n) is 8.85. The maximum Gasteiger partial charge on any atom is 1.00 e. The predicted molar refractivity (Wildman–Crippen MR) is 105 cm³/mol. The van der Waals surface area contributed by atoms with Gasteiger partial charge in [-0.25, -0.2) is 9.36 Å². The Labute approximate surface area is 197 Å². The van der Waals surface area contributed by atoms with E-state index in [1.165, 1.54) is 43.4 Å². The number of esters is 1. The Balaban J connectivity index is 0.00000841. The van der Waals surface area contributed by atoms with E-state index in [-0.39, 0.29) is 42.6 Å². The minimum absolute atomic E-state index is 0. The minimum Gasteiger partial charge on any atom is -0.455 e. The molecule has 5 N–H and O–H groups in total. The van der Waals surface area contributed by atoms with Crippen LogP contribution in [0, 0.1) is 0 Å². The van der Waals surface area contributed by atoms with E-state index in [1.54, 1.807) is 24.3 Å². The summed E-state index contributed by atoms with van der Waals surface area (Å²) in [6.45, 7) is 1.16. The third-order valence-corrected chi connectivity index (χ3v) is 4.35. The molecule has 162 valence electrons. The monoisotopic (exact) mass is 453 g/mol. The molecule has 0 saturated heterocycles. The van der Waals surface area contributed by atoms with Crippen molar-refractivity contribution in [3.63, 3.8) is 0 Å². The zero-order chi connectivity index (χ0) is 21.9. The van der Waals surface area contributed by atoms with Crippen LogP contribution in [0.1, 0.15) is 19.8 Å². The molecule has 1 aliphatic rings. The number of aliphatic hydroxyl groups excluding tert-OH is 2. The number of hydrogen-bond donors (Lipinski definition) is 5. The number of ether oxygens (including phenoxy) is 1. The molecule has 11 heteroatoms. The van der Waals surface area contributed by atoms with Crippen LogP contribution in [0.2, 0.25) is 0 Å². The quantitative estimate of drug-likeness (QED) is 0.0790. The molecule has 0 aromatic rings. The van der Waals surface area contributed by atoms with Crippen molar-refractivity contribution in [2.45, 2.75) is 43.7 Å². The van der Waals surface area contributed by atoms with Crippen molar-refractivity contribution in [3.8, 4) is 0 Å². The van der Waals surface area contributed by atoms with Gasteiger partial charge in [0, 0.05) is 18.9 Å². The summed E-state index contributed by atoms with van der Waals surface area (Å²) in [4.78, 5) is 29.6. The normalized spacial score (nSPS) is 21.8. The van der Waals surface area contributed by atoms with Crippen LogP contribution >= 0.6 is 7.82 Å². The second-order valence-electron chi connectivity index (χ2n) is 6.47. The van der Waals surface area contributed by atoms with Crippen LogP contribution in [0.3, 0.4) is 0 Å². The fourth-order valence-corrected chi connectivity index (χ4v) is 3.01. The molecule has 0 radical (unpaired) electrons. The standard InChI is InChI=1S/C19H27O9P.Na/c1-19(23,12-11-16-9-7-10-18(22)27-16)17(28-29(24,25)26)14-15(21)8-5-3-2-4-6-13-20;/h2-8,10-12,15-17,20-21,23H,9,13-14H2,1H3,(H2,24,25,26);/q;+1/b3-2+,6-4+,8-5+,12-11+;/t15-,16-,17+,19+;/m0./s1. The van der Waals surface area contributed by atoms with Crippen LogP contribution in [-0.2, 0) is 18.6 Å². The van der Waals surface area contributed by atoms with Crippen molar-refractivity contribution in [2.24, 2.45) is 0 Å². The third-order valence-electron chi connectivity index (χ3n) is 3.82. The number of phosphoric acid groups is 1. The van der Waals surface area contributed by atoms with Gasteiger partial charge >= 0.3 is 43.3 Å². The van der Waals surface area contributed by atoms with Crippen LogP contribution in [0.15, 0.2) is 60.8 Å². The minimum atomic E-state index is -4.96. The number of rotatable bonds is 11. The van der Waals surface area contributed by atoms with Gasteiger partial charge in [0.25, 0.3) is 0 Å². The topological polar surface area (TPSA) is 154 Å². The second-order valence-corrected chi connectivity index (χ2v) is 7.66. The van der Waals surface area contributed by atoms with Gasteiger partial charge in [-0.2, -0.15) is 0 Å². The Bertz CT molecular complexity index is 722. The first-order chi connectivity index (χ1) is 13.5. The molecule has 4 atom stereocenters. The van der Waals surface area contributed by atoms with Crippen molar-refractivity contribution < 1.29 is 73.3 Å². The summed E-state index contributed by atoms with van der Waals surface area (Å²) in [6, 6.07) is 0. The Morgan fingerprint density at radius 1 is 1.33 bits per heavy atom. The summed E-state index contributed by atoms with van der Waals surface area (Å²) in [6.07, 6.45) is 11.5. The maximum atomic E-state index is 11.3. The Hall–Kier alpha value is -0.840. The van der Waals surface area contributed by atoms with Gasteiger partial charge in [-0.1, -0.05) is 48.6 Å². The molecular formula is C19H27NaO9P+. The molecule has 1 heterocycles. The molecule has 0 amide bonds. The van der Waals surface area contributed by atoms with Gasteiger partial charge in [-0.3, -0.25) is 4.52 Å². The first kappa shape index (κ1) is 29.2. The number of hydrogen-bond acceptors (Lipinski definition) is 7. The summed E-state index contributed by atoms with van der Waals surface area (Å²) < 4.78 is 21.0. The summed E-state index contributed by atoms with van der Waals surface area (Å²) in [5, 5.41) is 29.4. The number of carbonyl (C=O) groups is 1. The average molecular weight is 453 g/mol. The molecule has 0 bridgehead atoms. The summed E-state index contributed by atoms with van der Waals surface area (Å²) >= 11 is 0. The molecule has 9 nitrogen and oxygen atoms in total. The fraction of sp³-hybridized carbons (Fsp3) is 0.421. The predicted octanol–water partition coefficient (Wildman–Crippen LogP) is -1.94. The second kappa shape index (κ2) is 14.3. The molecule has 1 rings (SSSR count). The molecule has 0 fully saturated rings. The van der Waals surface area contributed by atoms with E-state index in [1.807, 2.05) is 0 Å². The van der Waals surface area contributed by atoms with Gasteiger partial charge in [-0.15, -0.1) is 0 Å². The number of phosphoric ester groups is 1. The van der Waals surface area contributed by atoms with E-state index in [2.05, 4.69) is 4.52 Å². The van der Waals surface area contributed by atoms with E-state index in [0.717, 1.165) is 0 Å². The average Bonchev–Trinajstić information content (AvgIpc) is 2.61. The molecule has 0 saturated carbocycles. The third kappa shape index (κ3) is 12.8. The summed E-state index contributed by atoms with van der Waals surface area (Å²) in [5.41, 5.74) is -1.87. The van der Waals surface area contributed by atoms with Crippen molar-refractivity contribution in [2.75, 3.05) is 6.61 Å². The van der Waals surface area contributed by atoms with Gasteiger partial charge in [0.2, 0.25) is 0 Å². The summed E-state index contributed by atoms with van der Waals surface area (Å²) in [5.74, 6) is -0.531. The van der Waals surface area contributed by atoms with E-state index in [0.29, 0.717) is 6.42 Å². The van der Waals surface area contributed by atoms with Crippen molar-refractivity contribution in [1.82, 2.24) is 0 Å². The smallest absolute Gasteiger partial charge is 0.455 e. The number of cyclic esters (lactones) is 1. The van der Waals surface area contributed by atoms with Gasteiger partial charge in [0.1, 0.15) is 17.8 Å². The SMILES string of the molecule is C[C@@](O)(/C=C/[C@@H]1CC=CC(=O)O1)[C@@H](C[C@@H](O)/C=C/C=C/C=C/CO)OP(=O)(O)O.[Na+]. The van der Waals surface area contributed by atoms with Gasteiger partial charge in [0.15, 0.2) is 0 Å². The van der Waals surface area contributed by atoms with E-state index in [9.17, 15) is 19.6 Å². The first-order valence-corrected chi connectivity index (χ1v) is 10.4. The van der Waals surface area contributed by atoms with E-state index >= 15 is 0 Å². The van der Waals surface area contributed by atoms with Gasteiger partial charge < -0.3 is 29.8 Å². The zero-order valence-electron chi connectivity index (χ0n) is 16.9. The van der Waals surface area contributed by atoms with Crippen molar-refractivity contribution in [1.29, 1.82) is 0 Å². The summed E-state index contributed by atoms with van der Waals surface area (Å²) in [7, 11) is -4.96. The van der Waals surface area contributed by atoms with E-state index in [4.69, 9.17) is 19.6 Å². The Morgan fingerprint density at radius 2 is 2.00 bits per heavy atom. The van der Waals surface area contributed by atoms with Crippen LogP contribution in [-0.4, -0.2) is 61.6 Å². The molecular weight excluding hydrogens is 426 g/mol. The Morgan fingerprint density at radius 3 is 2.60 bits per heavy atom. The maximum absolute atomic E-state index is 11.3. The van der Waals surface area contributed by atoms with Gasteiger partial charge in [0.05, 0.1) is 12.7 Å². The molecule has 30 heavy (non-hydrogen) atoms. The van der Waals surface area contributed by atoms with Crippen LogP contribution in [0.25, 0.3) is 0 Å². The number of allylic oxidation sites excluding steroid dienone is 4. The fourth-order valence-electron chi connectivity index (χ4n) is 2.37. The van der Waals surface area contributed by atoms with Crippen LogP contribution in [0.5, 0.6) is 0 Å². The molecule has 0 aromatic heterocycles. The van der Waals surface area contributed by atoms with Crippen LogP contribution < -0.4 is 29.6 Å². The molecule has 1 aliphatic heterocycles. The van der Waals surface area contributed by atoms with Crippen molar-refractivity contribution >= 4 is 13.8 Å². The largest absolute Gasteiger partial charge is 1.00 e. The Kier molecular flexibility index (Phi) is 13.9. The van der Waals surface area contributed by atoms with Crippen LogP contribution in [0.4, 0.5) is 0 Å². The van der Waals surface area contributed by atoms with E-state index < -0.39 is 37.7 Å². The molecule has 0 aromatic carbocycles. The number of aliphatic hydroxyl groups is 3. The van der Waals surface area contributed by atoms with Gasteiger partial charge in [-0.05, 0) is 13.0 Å². The zero-order valence-corrected chi connectivity index (χ0v) is 19.8.